The Morgan fingerprint density at radius 2 is 2.04 bits per heavy atom. The number of aromatic amines is 1. The van der Waals surface area contributed by atoms with Gasteiger partial charge in [0, 0.05) is 12.1 Å². The molecule has 1 N–H and O–H groups in total. The Morgan fingerprint density at radius 3 is 2.88 bits per heavy atom. The Morgan fingerprint density at radius 1 is 1.20 bits per heavy atom. The standard InChI is InChI=1S/C18H15F3N4/c19-18(20,21)15-8-14-16(23-10-24-17(14)25-15)22-9-12-6-3-5-11-4-1-2-7-13(11)12/h1-2,4,7-10,12H,3,5-6H2,(H,23,24,25)/b22-9+. The molecule has 3 aromatic rings. The van der Waals surface area contributed by atoms with E-state index in [1.54, 1.807) is 6.21 Å². The molecule has 0 spiro atoms. The van der Waals surface area contributed by atoms with Gasteiger partial charge in [0.05, 0.1) is 5.39 Å². The van der Waals surface area contributed by atoms with Gasteiger partial charge in [0.2, 0.25) is 0 Å². The number of fused-ring (bicyclic) bond motifs is 2. The predicted octanol–water partition coefficient (Wildman–Crippen LogP) is 4.80. The van der Waals surface area contributed by atoms with Gasteiger partial charge in [0.25, 0.3) is 0 Å². The molecule has 2 heterocycles. The number of nitrogens with one attached hydrogen (secondary N) is 1. The molecule has 1 aliphatic rings. The van der Waals surface area contributed by atoms with Gasteiger partial charge in [0.15, 0.2) is 5.82 Å². The van der Waals surface area contributed by atoms with Crippen LogP contribution >= 0.6 is 0 Å². The second-order valence-corrected chi connectivity index (χ2v) is 6.12. The van der Waals surface area contributed by atoms with Crippen LogP contribution in [0.1, 0.15) is 35.6 Å². The van der Waals surface area contributed by atoms with Crippen LogP contribution in [0, 0.1) is 0 Å². The summed E-state index contributed by atoms with van der Waals surface area (Å²) in [5.74, 6) is 0.399. The zero-order valence-electron chi connectivity index (χ0n) is 13.2. The minimum atomic E-state index is -4.45. The molecule has 1 aliphatic carbocycles. The van der Waals surface area contributed by atoms with Gasteiger partial charge in [-0.25, -0.2) is 15.0 Å². The van der Waals surface area contributed by atoms with Crippen molar-refractivity contribution in [1.82, 2.24) is 15.0 Å². The zero-order valence-corrected chi connectivity index (χ0v) is 13.2. The van der Waals surface area contributed by atoms with Crippen LogP contribution in [0.25, 0.3) is 11.0 Å². The van der Waals surface area contributed by atoms with Crippen molar-refractivity contribution < 1.29 is 13.2 Å². The molecule has 1 aromatic carbocycles. The molecule has 0 aliphatic heterocycles. The fourth-order valence-electron chi connectivity index (χ4n) is 3.29. The molecule has 0 bridgehead atoms. The molecule has 7 heteroatoms. The van der Waals surface area contributed by atoms with Gasteiger partial charge < -0.3 is 4.98 Å². The summed E-state index contributed by atoms with van der Waals surface area (Å²) in [4.78, 5) is 14.6. The maximum Gasteiger partial charge on any atom is 0.431 e. The lowest BCUT2D eigenvalue weighted by molar-refractivity contribution is -0.140. The highest BCUT2D eigenvalue weighted by Gasteiger charge is 2.33. The molecule has 4 rings (SSSR count). The normalized spacial score (nSPS) is 18.0. The van der Waals surface area contributed by atoms with Crippen molar-refractivity contribution in [3.05, 3.63) is 53.5 Å². The number of hydrogen-bond acceptors (Lipinski definition) is 3. The van der Waals surface area contributed by atoms with E-state index in [2.05, 4.69) is 32.1 Å². The summed E-state index contributed by atoms with van der Waals surface area (Å²) in [6.07, 6.45) is 1.64. The van der Waals surface area contributed by atoms with Crippen molar-refractivity contribution in [2.45, 2.75) is 31.4 Å². The van der Waals surface area contributed by atoms with E-state index in [1.165, 1.54) is 17.5 Å². The molecule has 0 amide bonds. The average molecular weight is 344 g/mol. The maximum absolute atomic E-state index is 12.9. The van der Waals surface area contributed by atoms with E-state index >= 15 is 0 Å². The third-order valence-electron chi connectivity index (χ3n) is 4.50. The second kappa shape index (κ2) is 5.98. The molecule has 128 valence electrons. The lowest BCUT2D eigenvalue weighted by Gasteiger charge is -2.22. The molecule has 25 heavy (non-hydrogen) atoms. The van der Waals surface area contributed by atoms with Gasteiger partial charge in [-0.15, -0.1) is 0 Å². The lowest BCUT2D eigenvalue weighted by atomic mass is 9.83. The largest absolute Gasteiger partial charge is 0.431 e. The summed E-state index contributed by atoms with van der Waals surface area (Å²) in [6.45, 7) is 0. The SMILES string of the molecule is FC(F)(F)c1cc2c(/N=C/C3CCCc4ccccc43)ncnc2[nH]1. The summed E-state index contributed by atoms with van der Waals surface area (Å²) in [5, 5.41) is 0.273. The molecule has 0 saturated carbocycles. The van der Waals surface area contributed by atoms with Crippen molar-refractivity contribution >= 4 is 23.1 Å². The Labute approximate surface area is 141 Å². The number of nitrogens with zero attached hydrogens (tertiary/aromatic N) is 3. The Balaban J connectivity index is 1.70. The van der Waals surface area contributed by atoms with Crippen molar-refractivity contribution in [2.24, 2.45) is 4.99 Å². The first-order valence-electron chi connectivity index (χ1n) is 8.05. The molecule has 0 fully saturated rings. The summed E-state index contributed by atoms with van der Waals surface area (Å²) in [6, 6.07) is 9.22. The second-order valence-electron chi connectivity index (χ2n) is 6.12. The van der Waals surface area contributed by atoms with E-state index in [1.807, 2.05) is 12.1 Å². The molecular weight excluding hydrogens is 329 g/mol. The number of benzene rings is 1. The minimum absolute atomic E-state index is 0.138. The Hall–Kier alpha value is -2.70. The van der Waals surface area contributed by atoms with Crippen LogP contribution in [0.4, 0.5) is 19.0 Å². The summed E-state index contributed by atoms with van der Waals surface area (Å²) in [7, 11) is 0. The molecule has 2 aromatic heterocycles. The van der Waals surface area contributed by atoms with E-state index in [0.717, 1.165) is 25.3 Å². The van der Waals surface area contributed by atoms with Crippen molar-refractivity contribution in [3.8, 4) is 0 Å². The van der Waals surface area contributed by atoms with Gasteiger partial charge >= 0.3 is 6.18 Å². The van der Waals surface area contributed by atoms with Crippen molar-refractivity contribution in [3.63, 3.8) is 0 Å². The van der Waals surface area contributed by atoms with E-state index < -0.39 is 11.9 Å². The third kappa shape index (κ3) is 3.01. The van der Waals surface area contributed by atoms with Crippen LogP contribution in [0.3, 0.4) is 0 Å². The van der Waals surface area contributed by atoms with Gasteiger partial charge in [0.1, 0.15) is 17.7 Å². The molecule has 0 saturated heterocycles. The van der Waals surface area contributed by atoms with Crippen LogP contribution in [0.2, 0.25) is 0 Å². The fraction of sp³-hybridized carbons (Fsp3) is 0.278. The third-order valence-corrected chi connectivity index (χ3v) is 4.50. The monoisotopic (exact) mass is 344 g/mol. The lowest BCUT2D eigenvalue weighted by Crippen LogP contribution is -2.10. The first-order chi connectivity index (χ1) is 12.0. The highest BCUT2D eigenvalue weighted by molar-refractivity contribution is 5.88. The predicted molar refractivity (Wildman–Crippen MR) is 89.2 cm³/mol. The number of alkyl halides is 3. The minimum Gasteiger partial charge on any atom is -0.336 e. The molecule has 4 nitrogen and oxygen atoms in total. The average Bonchev–Trinajstić information content (AvgIpc) is 3.05. The number of rotatable bonds is 2. The first kappa shape index (κ1) is 15.8. The number of aromatic nitrogens is 3. The number of halogens is 3. The maximum atomic E-state index is 12.9. The summed E-state index contributed by atoms with van der Waals surface area (Å²) in [5.41, 5.74) is 1.83. The highest BCUT2D eigenvalue weighted by Crippen LogP contribution is 2.34. The number of hydrogen-bond donors (Lipinski definition) is 1. The topological polar surface area (TPSA) is 53.9 Å². The number of aliphatic imine (C=N–C) groups is 1. The van der Waals surface area contributed by atoms with Gasteiger partial charge in [-0.05, 0) is 36.5 Å². The van der Waals surface area contributed by atoms with Crippen LogP contribution < -0.4 is 0 Å². The van der Waals surface area contributed by atoms with E-state index in [-0.39, 0.29) is 22.8 Å². The van der Waals surface area contributed by atoms with Gasteiger partial charge in [-0.1, -0.05) is 24.3 Å². The van der Waals surface area contributed by atoms with E-state index in [9.17, 15) is 13.2 Å². The molecular formula is C18H15F3N4. The van der Waals surface area contributed by atoms with Crippen LogP contribution in [0.5, 0.6) is 0 Å². The fourth-order valence-corrected chi connectivity index (χ4v) is 3.29. The smallest absolute Gasteiger partial charge is 0.336 e. The number of H-pyrrole nitrogens is 1. The van der Waals surface area contributed by atoms with Gasteiger partial charge in [-0.3, -0.25) is 0 Å². The highest BCUT2D eigenvalue weighted by atomic mass is 19.4. The quantitative estimate of drug-likeness (QED) is 0.679. The van der Waals surface area contributed by atoms with Crippen molar-refractivity contribution in [2.75, 3.05) is 0 Å². The molecule has 1 unspecified atom stereocenters. The van der Waals surface area contributed by atoms with Crippen LogP contribution in [-0.2, 0) is 12.6 Å². The first-order valence-corrected chi connectivity index (χ1v) is 8.05. The van der Waals surface area contributed by atoms with Crippen LogP contribution in [-0.4, -0.2) is 21.2 Å². The van der Waals surface area contributed by atoms with E-state index in [0.29, 0.717) is 0 Å². The molecule has 0 radical (unpaired) electrons. The molecule has 1 atom stereocenters. The summed E-state index contributed by atoms with van der Waals surface area (Å²) < 4.78 is 38.6. The zero-order chi connectivity index (χ0) is 17.4. The van der Waals surface area contributed by atoms with Crippen LogP contribution in [0.15, 0.2) is 41.7 Å². The van der Waals surface area contributed by atoms with E-state index in [4.69, 9.17) is 0 Å². The number of aryl methyl sites for hydroxylation is 1. The Bertz CT molecular complexity index is 943. The van der Waals surface area contributed by atoms with Crippen molar-refractivity contribution in [1.29, 1.82) is 0 Å². The summed E-state index contributed by atoms with van der Waals surface area (Å²) >= 11 is 0. The van der Waals surface area contributed by atoms with Gasteiger partial charge in [-0.2, -0.15) is 13.2 Å². The Kier molecular flexibility index (Phi) is 3.78.